The lowest BCUT2D eigenvalue weighted by Crippen LogP contribution is -2.39. The highest BCUT2D eigenvalue weighted by Gasteiger charge is 2.36. The maximum Gasteiger partial charge on any atom is 0.416 e. The van der Waals surface area contributed by atoms with Crippen molar-refractivity contribution >= 4 is 40.6 Å². The van der Waals surface area contributed by atoms with E-state index in [4.69, 9.17) is 16.6 Å². The van der Waals surface area contributed by atoms with Crippen molar-refractivity contribution in [1.29, 1.82) is 0 Å². The van der Waals surface area contributed by atoms with Gasteiger partial charge in [0.1, 0.15) is 17.9 Å². The maximum absolute atomic E-state index is 14.3. The van der Waals surface area contributed by atoms with Crippen molar-refractivity contribution in [2.24, 2.45) is 18.9 Å². The lowest BCUT2D eigenvalue weighted by Gasteiger charge is -2.38. The van der Waals surface area contributed by atoms with Gasteiger partial charge in [-0.15, -0.1) is 5.10 Å². The molecule has 1 saturated heterocycles. The van der Waals surface area contributed by atoms with Gasteiger partial charge in [0.15, 0.2) is 0 Å². The Bertz CT molecular complexity index is 1670. The molecule has 4 aromatic rings. The van der Waals surface area contributed by atoms with Gasteiger partial charge in [0, 0.05) is 54.1 Å². The molecule has 0 bridgehead atoms. The van der Waals surface area contributed by atoms with Crippen LogP contribution in [0.25, 0.3) is 10.9 Å². The van der Waals surface area contributed by atoms with Gasteiger partial charge in [0.05, 0.1) is 18.1 Å². The van der Waals surface area contributed by atoms with Crippen molar-refractivity contribution in [2.75, 3.05) is 16.3 Å². The largest absolute Gasteiger partial charge is 0.416 e. The van der Waals surface area contributed by atoms with Gasteiger partial charge in [-0.1, -0.05) is 16.7 Å². The summed E-state index contributed by atoms with van der Waals surface area (Å²) in [5.41, 5.74) is 0.852. The van der Waals surface area contributed by atoms with Gasteiger partial charge in [0.2, 0.25) is 0 Å². The molecule has 3 heterocycles. The minimum atomic E-state index is -4.56. The number of aromatic nitrogens is 5. The van der Waals surface area contributed by atoms with Crippen molar-refractivity contribution in [1.82, 2.24) is 25.2 Å². The van der Waals surface area contributed by atoms with E-state index in [1.54, 1.807) is 18.0 Å². The average molecular weight is 644 g/mol. The second-order valence-electron chi connectivity index (χ2n) is 12.2. The Balaban J connectivity index is 1.38. The molecule has 1 aliphatic heterocycles. The summed E-state index contributed by atoms with van der Waals surface area (Å²) in [6, 6.07) is 10.2. The van der Waals surface area contributed by atoms with Crippen molar-refractivity contribution in [3.8, 4) is 0 Å². The summed E-state index contributed by atoms with van der Waals surface area (Å²) in [7, 11) is 1.62. The Morgan fingerprint density at radius 1 is 1.04 bits per heavy atom. The molecule has 0 N–H and O–H groups in total. The van der Waals surface area contributed by atoms with E-state index in [0.29, 0.717) is 29.3 Å². The number of fused-ring (bicyclic) bond motifs is 1. The number of nitrogens with zero attached hydrogens (tertiary/aromatic N) is 7. The summed E-state index contributed by atoms with van der Waals surface area (Å²) in [6.07, 6.45) is 3.15. The fraction of sp³-hybridized carbons (Fsp3) is 0.469. The molecule has 2 aromatic heterocycles. The topological polar surface area (TPSA) is 80.0 Å². The van der Waals surface area contributed by atoms with Crippen LogP contribution in [-0.4, -0.2) is 44.1 Å². The third-order valence-corrected chi connectivity index (χ3v) is 9.29. The summed E-state index contributed by atoms with van der Waals surface area (Å²) < 4.78 is 55.3. The van der Waals surface area contributed by atoms with E-state index in [2.05, 4.69) is 20.3 Å². The van der Waals surface area contributed by atoms with E-state index < -0.39 is 11.7 Å². The van der Waals surface area contributed by atoms with Crippen molar-refractivity contribution in [3.63, 3.8) is 0 Å². The van der Waals surface area contributed by atoms with Crippen LogP contribution in [0.4, 0.5) is 29.3 Å². The number of hydrogen-bond acceptors (Lipinski definition) is 7. The fourth-order valence-electron chi connectivity index (χ4n) is 6.96. The predicted octanol–water partition coefficient (Wildman–Crippen LogP) is 7.14. The Labute approximate surface area is 263 Å². The molecule has 1 atom stereocenters. The number of aryl methyl sites for hydroxylation is 1. The van der Waals surface area contributed by atoms with Crippen LogP contribution in [0.3, 0.4) is 0 Å². The maximum atomic E-state index is 14.3. The monoisotopic (exact) mass is 643 g/mol. The zero-order valence-electron chi connectivity index (χ0n) is 24.9. The molecule has 2 aliphatic rings. The van der Waals surface area contributed by atoms with Crippen molar-refractivity contribution < 1.29 is 22.4 Å². The van der Waals surface area contributed by atoms with Crippen LogP contribution in [0.1, 0.15) is 61.6 Å². The molecule has 0 radical (unpaired) electrons. The Hall–Kier alpha value is -3.80. The number of anilines is 2. The van der Waals surface area contributed by atoms with Crippen LogP contribution in [-0.2, 0) is 31.1 Å². The van der Waals surface area contributed by atoms with Gasteiger partial charge in [0.25, 0.3) is 5.95 Å². The number of halogens is 5. The second kappa shape index (κ2) is 12.9. The van der Waals surface area contributed by atoms with Gasteiger partial charge in [-0.05, 0) is 97.5 Å². The number of carbonyl (C=O) groups excluding carboxylic acids is 1. The van der Waals surface area contributed by atoms with Crippen molar-refractivity contribution in [3.05, 3.63) is 70.0 Å². The smallest absolute Gasteiger partial charge is 0.353 e. The summed E-state index contributed by atoms with van der Waals surface area (Å²) in [5.74, 6) is 1.46. The molecule has 1 saturated carbocycles. The highest BCUT2D eigenvalue weighted by atomic mass is 35.5. The molecule has 0 unspecified atom stereocenters. The van der Waals surface area contributed by atoms with E-state index in [1.165, 1.54) is 23.0 Å². The quantitative estimate of drug-likeness (QED) is 0.142. The molecule has 2 aromatic carbocycles. The predicted molar refractivity (Wildman–Crippen MR) is 163 cm³/mol. The summed E-state index contributed by atoms with van der Waals surface area (Å²) in [6.45, 7) is 1.03. The third-order valence-electron chi connectivity index (χ3n) is 9.07. The molecule has 238 valence electrons. The van der Waals surface area contributed by atoms with Gasteiger partial charge in [-0.25, -0.2) is 9.37 Å². The summed E-state index contributed by atoms with van der Waals surface area (Å²) in [5, 5.41) is 13.2. The summed E-state index contributed by atoms with van der Waals surface area (Å²) >= 11 is 6.12. The number of hydrogen-bond donors (Lipinski definition) is 0. The van der Waals surface area contributed by atoms with E-state index in [9.17, 15) is 22.4 Å². The lowest BCUT2D eigenvalue weighted by atomic mass is 9.77. The number of aldehydes is 1. The number of benzene rings is 2. The van der Waals surface area contributed by atoms with E-state index in [0.717, 1.165) is 80.3 Å². The molecule has 45 heavy (non-hydrogen) atoms. The van der Waals surface area contributed by atoms with Crippen LogP contribution < -0.4 is 9.80 Å². The average Bonchev–Trinajstić information content (AvgIpc) is 3.66. The third kappa shape index (κ3) is 7.05. The van der Waals surface area contributed by atoms with E-state index in [1.807, 2.05) is 6.07 Å². The zero-order chi connectivity index (χ0) is 31.7. The number of carbonyl (C=O) groups is 1. The van der Waals surface area contributed by atoms with Gasteiger partial charge in [-0.2, -0.15) is 18.0 Å². The fourth-order valence-corrected chi connectivity index (χ4v) is 7.22. The Morgan fingerprint density at radius 2 is 1.84 bits per heavy atom. The first kappa shape index (κ1) is 31.2. The van der Waals surface area contributed by atoms with E-state index >= 15 is 0 Å². The molecule has 0 amide bonds. The number of tetrazole rings is 1. The van der Waals surface area contributed by atoms with Crippen molar-refractivity contribution in [2.45, 2.75) is 70.3 Å². The van der Waals surface area contributed by atoms with E-state index in [-0.39, 0.29) is 35.9 Å². The molecule has 0 spiro atoms. The van der Waals surface area contributed by atoms with Crippen LogP contribution in [0.5, 0.6) is 0 Å². The lowest BCUT2D eigenvalue weighted by molar-refractivity contribution is -0.137. The van der Waals surface area contributed by atoms with Crippen LogP contribution in [0.15, 0.2) is 42.5 Å². The first-order valence-electron chi connectivity index (χ1n) is 15.2. The molecule has 2 fully saturated rings. The molecule has 8 nitrogen and oxygen atoms in total. The number of rotatable bonds is 9. The molecule has 6 rings (SSSR count). The van der Waals surface area contributed by atoms with Crippen LogP contribution in [0, 0.1) is 17.7 Å². The second-order valence-corrected chi connectivity index (χ2v) is 12.6. The Kier molecular flexibility index (Phi) is 8.94. The van der Waals surface area contributed by atoms with Gasteiger partial charge >= 0.3 is 6.18 Å². The zero-order valence-corrected chi connectivity index (χ0v) is 25.6. The first-order valence-corrected chi connectivity index (χ1v) is 15.6. The molecule has 1 aliphatic carbocycles. The van der Waals surface area contributed by atoms with Crippen LogP contribution in [0.2, 0.25) is 5.02 Å². The minimum Gasteiger partial charge on any atom is -0.353 e. The number of pyridine rings is 1. The summed E-state index contributed by atoms with van der Waals surface area (Å²) in [4.78, 5) is 21.5. The van der Waals surface area contributed by atoms with Crippen LogP contribution >= 0.6 is 11.6 Å². The Morgan fingerprint density at radius 3 is 2.56 bits per heavy atom. The molecular weight excluding hydrogens is 610 g/mol. The molecular formula is C32H34ClF4N7O. The first-order chi connectivity index (χ1) is 21.6. The van der Waals surface area contributed by atoms with Gasteiger partial charge in [-0.3, -0.25) is 0 Å². The molecule has 13 heteroatoms. The highest BCUT2D eigenvalue weighted by molar-refractivity contribution is 6.30. The number of alkyl halides is 3. The van der Waals surface area contributed by atoms with Gasteiger partial charge < -0.3 is 14.6 Å². The SMILES string of the molecule is Cn1nnc(N(Cc2cc(Cl)cc(C(F)(F)F)c2)Cc2cc3ccc(F)cc3nc2N2CCC[C@@H]2C2CCC(CC=O)CC2)n1. The minimum absolute atomic E-state index is 0.0234. The highest BCUT2D eigenvalue weighted by Crippen LogP contribution is 2.41. The normalized spacial score (nSPS) is 20.6. The standard InChI is InChI=1S/C32H34ClF4N7O/c1-42-40-31(39-41-42)43(18-21-13-25(32(35,36)37)16-26(33)14-21)19-24-15-23-8-9-27(34)17-28(23)38-30(24)44-11-2-3-29(44)22-6-4-20(5-7-22)10-12-45/h8-9,12-17,20,22,29H,2-7,10-11,18-19H2,1H3/t20?,22?,29-/m1/s1.